The van der Waals surface area contributed by atoms with E-state index in [9.17, 15) is 15.2 Å². The van der Waals surface area contributed by atoms with Crippen molar-refractivity contribution >= 4 is 17.1 Å². The Balaban J connectivity index is 2.20. The Morgan fingerprint density at radius 3 is 2.79 bits per heavy atom. The van der Waals surface area contributed by atoms with Gasteiger partial charge in [-0.3, -0.25) is 10.1 Å². The minimum Gasteiger partial charge on any atom is -0.397 e. The fourth-order valence-electron chi connectivity index (χ4n) is 2.45. The molecule has 0 saturated carbocycles. The quantitative estimate of drug-likeness (QED) is 0.484. The first-order chi connectivity index (χ1) is 8.89. The SMILES string of the molecule is CC1(O)CCCN(c2ccc([N+](=O)[O-])cc2N)CC1. The number of rotatable bonds is 2. The summed E-state index contributed by atoms with van der Waals surface area (Å²) in [5, 5.41) is 20.7. The Labute approximate surface area is 112 Å². The van der Waals surface area contributed by atoms with Gasteiger partial charge in [0.1, 0.15) is 0 Å². The lowest BCUT2D eigenvalue weighted by molar-refractivity contribution is -0.384. The lowest BCUT2D eigenvalue weighted by atomic mass is 9.98. The summed E-state index contributed by atoms with van der Waals surface area (Å²) in [4.78, 5) is 12.3. The molecule has 1 aromatic rings. The Morgan fingerprint density at radius 1 is 1.42 bits per heavy atom. The zero-order valence-corrected chi connectivity index (χ0v) is 11.0. The highest BCUT2D eigenvalue weighted by molar-refractivity contribution is 5.70. The molecule has 1 unspecified atom stereocenters. The van der Waals surface area contributed by atoms with Crippen molar-refractivity contribution in [3.8, 4) is 0 Å². The second kappa shape index (κ2) is 5.05. The van der Waals surface area contributed by atoms with Crippen LogP contribution in [0.2, 0.25) is 0 Å². The molecule has 1 atom stereocenters. The molecule has 1 aliphatic rings. The maximum absolute atomic E-state index is 10.7. The highest BCUT2D eigenvalue weighted by Gasteiger charge is 2.26. The maximum atomic E-state index is 10.7. The number of nitro groups is 1. The van der Waals surface area contributed by atoms with Gasteiger partial charge in [0.25, 0.3) is 5.69 Å². The fraction of sp³-hybridized carbons (Fsp3) is 0.538. The molecule has 1 saturated heterocycles. The van der Waals surface area contributed by atoms with E-state index in [1.54, 1.807) is 6.07 Å². The number of nitrogens with zero attached hydrogens (tertiary/aromatic N) is 2. The minimum absolute atomic E-state index is 0.00284. The van der Waals surface area contributed by atoms with Crippen molar-refractivity contribution in [3.63, 3.8) is 0 Å². The molecule has 6 heteroatoms. The summed E-state index contributed by atoms with van der Waals surface area (Å²) < 4.78 is 0. The molecule has 0 bridgehead atoms. The molecule has 1 heterocycles. The molecule has 1 aromatic carbocycles. The van der Waals surface area contributed by atoms with E-state index in [1.807, 2.05) is 6.92 Å². The molecule has 0 spiro atoms. The van der Waals surface area contributed by atoms with E-state index >= 15 is 0 Å². The third kappa shape index (κ3) is 3.14. The highest BCUT2D eigenvalue weighted by Crippen LogP contribution is 2.31. The van der Waals surface area contributed by atoms with Crippen molar-refractivity contribution in [2.75, 3.05) is 23.7 Å². The van der Waals surface area contributed by atoms with Crippen LogP contribution in [0.25, 0.3) is 0 Å². The van der Waals surface area contributed by atoms with Crippen LogP contribution in [0, 0.1) is 10.1 Å². The lowest BCUT2D eigenvalue weighted by Gasteiger charge is -2.25. The van der Waals surface area contributed by atoms with E-state index in [4.69, 9.17) is 5.73 Å². The van der Waals surface area contributed by atoms with Gasteiger partial charge >= 0.3 is 0 Å². The van der Waals surface area contributed by atoms with Crippen LogP contribution in [0.5, 0.6) is 0 Å². The van der Waals surface area contributed by atoms with Crippen LogP contribution in [0.4, 0.5) is 17.1 Å². The van der Waals surface area contributed by atoms with Crippen LogP contribution >= 0.6 is 0 Å². The number of aliphatic hydroxyl groups is 1. The van der Waals surface area contributed by atoms with Gasteiger partial charge < -0.3 is 15.7 Å². The molecule has 1 aliphatic heterocycles. The second-order valence-electron chi connectivity index (χ2n) is 5.34. The summed E-state index contributed by atoms with van der Waals surface area (Å²) in [5.41, 5.74) is 6.49. The smallest absolute Gasteiger partial charge is 0.271 e. The lowest BCUT2D eigenvalue weighted by Crippen LogP contribution is -2.28. The number of non-ortho nitro benzene ring substituents is 1. The van der Waals surface area contributed by atoms with Gasteiger partial charge in [0.2, 0.25) is 0 Å². The molecule has 0 radical (unpaired) electrons. The zero-order chi connectivity index (χ0) is 14.0. The van der Waals surface area contributed by atoms with Crippen molar-refractivity contribution in [3.05, 3.63) is 28.3 Å². The topological polar surface area (TPSA) is 92.6 Å². The van der Waals surface area contributed by atoms with Crippen LogP contribution in [0.3, 0.4) is 0 Å². The zero-order valence-electron chi connectivity index (χ0n) is 11.0. The van der Waals surface area contributed by atoms with Crippen LogP contribution in [0.1, 0.15) is 26.2 Å². The summed E-state index contributed by atoms with van der Waals surface area (Å²) in [6.45, 7) is 3.35. The molecule has 6 nitrogen and oxygen atoms in total. The first-order valence-electron chi connectivity index (χ1n) is 6.40. The molecule has 19 heavy (non-hydrogen) atoms. The highest BCUT2D eigenvalue weighted by atomic mass is 16.6. The van der Waals surface area contributed by atoms with Crippen LogP contribution in [-0.4, -0.2) is 28.7 Å². The van der Waals surface area contributed by atoms with Gasteiger partial charge in [-0.25, -0.2) is 0 Å². The van der Waals surface area contributed by atoms with Gasteiger partial charge in [-0.1, -0.05) is 0 Å². The van der Waals surface area contributed by atoms with Crippen molar-refractivity contribution < 1.29 is 10.0 Å². The number of nitrogen functional groups attached to an aromatic ring is 1. The minimum atomic E-state index is -0.635. The number of hydrogen-bond acceptors (Lipinski definition) is 5. The van der Waals surface area contributed by atoms with E-state index in [-0.39, 0.29) is 5.69 Å². The average Bonchev–Trinajstić information content (AvgIpc) is 2.50. The molecule has 1 fully saturated rings. The molecular weight excluding hydrogens is 246 g/mol. The van der Waals surface area contributed by atoms with Crippen molar-refractivity contribution in [2.45, 2.75) is 31.8 Å². The Bertz CT molecular complexity index is 488. The third-order valence-electron chi connectivity index (χ3n) is 3.63. The van der Waals surface area contributed by atoms with Crippen molar-refractivity contribution in [1.82, 2.24) is 0 Å². The summed E-state index contributed by atoms with van der Waals surface area (Å²) >= 11 is 0. The Kier molecular flexibility index (Phi) is 3.61. The number of hydrogen-bond donors (Lipinski definition) is 2. The van der Waals surface area contributed by atoms with E-state index in [0.717, 1.165) is 25.1 Å². The molecule has 2 rings (SSSR count). The fourth-order valence-corrected chi connectivity index (χ4v) is 2.45. The first kappa shape index (κ1) is 13.6. The van der Waals surface area contributed by atoms with Crippen LogP contribution in [-0.2, 0) is 0 Å². The standard InChI is InChI=1S/C13H19N3O3/c1-13(17)5-2-7-15(8-6-13)12-4-3-10(16(18)19)9-11(12)14/h3-4,9,17H,2,5-8,14H2,1H3. The molecular formula is C13H19N3O3. The molecule has 104 valence electrons. The Morgan fingerprint density at radius 2 is 2.16 bits per heavy atom. The summed E-state index contributed by atoms with van der Waals surface area (Å²) in [5.74, 6) is 0. The predicted octanol–water partition coefficient (Wildman–Crippen LogP) is 1.92. The van der Waals surface area contributed by atoms with Crippen LogP contribution < -0.4 is 10.6 Å². The molecule has 0 aromatic heterocycles. The maximum Gasteiger partial charge on any atom is 0.271 e. The van der Waals surface area contributed by atoms with E-state index in [2.05, 4.69) is 4.90 Å². The van der Waals surface area contributed by atoms with Gasteiger partial charge in [0, 0.05) is 25.2 Å². The van der Waals surface area contributed by atoms with Crippen molar-refractivity contribution in [2.24, 2.45) is 0 Å². The molecule has 0 aliphatic carbocycles. The van der Waals surface area contributed by atoms with Crippen LogP contribution in [0.15, 0.2) is 18.2 Å². The Hall–Kier alpha value is -1.82. The van der Waals surface area contributed by atoms with Gasteiger partial charge in [0.15, 0.2) is 0 Å². The van der Waals surface area contributed by atoms with Gasteiger partial charge in [-0.15, -0.1) is 0 Å². The number of benzene rings is 1. The summed E-state index contributed by atoms with van der Waals surface area (Å²) in [6.07, 6.45) is 2.31. The van der Waals surface area contributed by atoms with Gasteiger partial charge in [-0.2, -0.15) is 0 Å². The summed E-state index contributed by atoms with van der Waals surface area (Å²) in [6, 6.07) is 4.54. The third-order valence-corrected chi connectivity index (χ3v) is 3.63. The summed E-state index contributed by atoms with van der Waals surface area (Å²) in [7, 11) is 0. The molecule has 0 amide bonds. The van der Waals surface area contributed by atoms with E-state index in [1.165, 1.54) is 12.1 Å². The number of anilines is 2. The normalized spacial score (nSPS) is 24.0. The van der Waals surface area contributed by atoms with Gasteiger partial charge in [0.05, 0.1) is 21.9 Å². The number of nitro benzene ring substituents is 1. The number of nitrogens with two attached hydrogens (primary N) is 1. The molecule has 3 N–H and O–H groups in total. The van der Waals surface area contributed by atoms with Crippen molar-refractivity contribution in [1.29, 1.82) is 0 Å². The average molecular weight is 265 g/mol. The van der Waals surface area contributed by atoms with E-state index in [0.29, 0.717) is 18.7 Å². The van der Waals surface area contributed by atoms with E-state index < -0.39 is 10.5 Å². The van der Waals surface area contributed by atoms with Gasteiger partial charge in [-0.05, 0) is 32.3 Å². The first-order valence-corrected chi connectivity index (χ1v) is 6.40. The second-order valence-corrected chi connectivity index (χ2v) is 5.34. The largest absolute Gasteiger partial charge is 0.397 e. The monoisotopic (exact) mass is 265 g/mol. The predicted molar refractivity (Wildman–Crippen MR) is 74.2 cm³/mol.